The third kappa shape index (κ3) is 4.07. The lowest BCUT2D eigenvalue weighted by Crippen LogP contribution is -2.20. The molecule has 1 amide bonds. The van der Waals surface area contributed by atoms with Gasteiger partial charge in [0.15, 0.2) is 0 Å². The molecule has 1 N–H and O–H groups in total. The lowest BCUT2D eigenvalue weighted by molar-refractivity contribution is -0.116. The molecule has 2 rings (SSSR count). The summed E-state index contributed by atoms with van der Waals surface area (Å²) in [5.74, 6) is -0.168. The number of benzene rings is 1. The maximum atomic E-state index is 11.6. The van der Waals surface area contributed by atoms with Crippen LogP contribution in [0.15, 0.2) is 54.9 Å². The molecule has 98 valence electrons. The zero-order valence-corrected chi connectivity index (χ0v) is 10.8. The van der Waals surface area contributed by atoms with Crippen molar-refractivity contribution in [3.8, 4) is 6.07 Å². The van der Waals surface area contributed by atoms with Crippen LogP contribution in [0.25, 0.3) is 6.08 Å². The van der Waals surface area contributed by atoms with Gasteiger partial charge in [-0.05, 0) is 35.4 Å². The van der Waals surface area contributed by atoms with Crippen molar-refractivity contribution in [3.05, 3.63) is 71.6 Å². The van der Waals surface area contributed by atoms with E-state index in [1.165, 1.54) is 6.08 Å². The average molecular weight is 263 g/mol. The number of pyridine rings is 1. The van der Waals surface area contributed by atoms with E-state index in [9.17, 15) is 4.79 Å². The molecule has 4 heteroatoms. The Hall–Kier alpha value is -2.93. The largest absolute Gasteiger partial charge is 0.348 e. The van der Waals surface area contributed by atoms with Gasteiger partial charge < -0.3 is 5.32 Å². The number of rotatable bonds is 4. The highest BCUT2D eigenvalue weighted by Gasteiger charge is 1.96. The summed E-state index contributed by atoms with van der Waals surface area (Å²) in [4.78, 5) is 15.6. The van der Waals surface area contributed by atoms with Crippen LogP contribution < -0.4 is 5.32 Å². The second kappa shape index (κ2) is 6.86. The molecule has 0 radical (unpaired) electrons. The van der Waals surface area contributed by atoms with Crippen molar-refractivity contribution < 1.29 is 4.79 Å². The summed E-state index contributed by atoms with van der Waals surface area (Å²) < 4.78 is 0. The van der Waals surface area contributed by atoms with E-state index < -0.39 is 0 Å². The smallest absolute Gasteiger partial charge is 0.244 e. The van der Waals surface area contributed by atoms with Crippen LogP contribution in [0.3, 0.4) is 0 Å². The predicted octanol–water partition coefficient (Wildman–Crippen LogP) is 2.28. The topological polar surface area (TPSA) is 65.8 Å². The molecular weight excluding hydrogens is 250 g/mol. The summed E-state index contributed by atoms with van der Waals surface area (Å²) in [6.07, 6.45) is 6.58. The minimum Gasteiger partial charge on any atom is -0.348 e. The molecule has 0 saturated carbocycles. The molecule has 0 aliphatic rings. The Morgan fingerprint density at radius 1 is 1.30 bits per heavy atom. The van der Waals surface area contributed by atoms with Crippen LogP contribution in [0.2, 0.25) is 0 Å². The van der Waals surface area contributed by atoms with E-state index >= 15 is 0 Å². The van der Waals surface area contributed by atoms with E-state index in [2.05, 4.69) is 10.3 Å². The second-order valence-electron chi connectivity index (χ2n) is 4.15. The van der Waals surface area contributed by atoms with Gasteiger partial charge >= 0.3 is 0 Å². The van der Waals surface area contributed by atoms with Crippen molar-refractivity contribution in [1.82, 2.24) is 10.3 Å². The number of nitriles is 1. The number of carbonyl (C=O) groups excluding carboxylic acids is 1. The highest BCUT2D eigenvalue weighted by Crippen LogP contribution is 2.05. The van der Waals surface area contributed by atoms with E-state index in [1.54, 1.807) is 42.7 Å². The minimum atomic E-state index is -0.168. The Morgan fingerprint density at radius 2 is 2.10 bits per heavy atom. The van der Waals surface area contributed by atoms with Crippen molar-refractivity contribution in [3.63, 3.8) is 0 Å². The SMILES string of the molecule is N#Cc1ccc(/C=C/C(=O)NCc2cccnc2)cc1. The van der Waals surface area contributed by atoms with Crippen LogP contribution in [-0.4, -0.2) is 10.9 Å². The molecule has 0 fully saturated rings. The summed E-state index contributed by atoms with van der Waals surface area (Å²) >= 11 is 0. The Bertz CT molecular complexity index is 640. The van der Waals surface area contributed by atoms with Gasteiger partial charge in [-0.15, -0.1) is 0 Å². The number of aromatic nitrogens is 1. The summed E-state index contributed by atoms with van der Waals surface area (Å²) in [6.45, 7) is 0.449. The van der Waals surface area contributed by atoms with Crippen LogP contribution in [0.5, 0.6) is 0 Å². The van der Waals surface area contributed by atoms with Crippen molar-refractivity contribution >= 4 is 12.0 Å². The fraction of sp³-hybridized carbons (Fsp3) is 0.0625. The van der Waals surface area contributed by atoms with Gasteiger partial charge in [0, 0.05) is 25.0 Å². The first kappa shape index (κ1) is 13.5. The number of hydrogen-bond donors (Lipinski definition) is 1. The molecule has 0 spiro atoms. The molecule has 0 aliphatic heterocycles. The predicted molar refractivity (Wildman–Crippen MR) is 76.3 cm³/mol. The van der Waals surface area contributed by atoms with Gasteiger partial charge in [-0.3, -0.25) is 9.78 Å². The third-order valence-corrected chi connectivity index (χ3v) is 2.66. The van der Waals surface area contributed by atoms with Crippen LogP contribution in [0.4, 0.5) is 0 Å². The fourth-order valence-corrected chi connectivity index (χ4v) is 1.59. The number of nitrogens with zero attached hydrogens (tertiary/aromatic N) is 2. The molecule has 20 heavy (non-hydrogen) atoms. The van der Waals surface area contributed by atoms with Crippen molar-refractivity contribution in [1.29, 1.82) is 5.26 Å². The van der Waals surface area contributed by atoms with Gasteiger partial charge in [-0.2, -0.15) is 5.26 Å². The Labute approximate surface area is 117 Å². The fourth-order valence-electron chi connectivity index (χ4n) is 1.59. The molecule has 0 atom stereocenters. The van der Waals surface area contributed by atoms with Gasteiger partial charge in [-0.1, -0.05) is 18.2 Å². The molecule has 0 bridgehead atoms. The maximum Gasteiger partial charge on any atom is 0.244 e. The average Bonchev–Trinajstić information content (AvgIpc) is 2.52. The van der Waals surface area contributed by atoms with Gasteiger partial charge in [0.1, 0.15) is 0 Å². The minimum absolute atomic E-state index is 0.168. The monoisotopic (exact) mass is 263 g/mol. The standard InChI is InChI=1S/C16H13N3O/c17-10-14-5-3-13(4-6-14)7-8-16(20)19-12-15-2-1-9-18-11-15/h1-9,11H,12H2,(H,19,20)/b8-7+. The van der Waals surface area contributed by atoms with Crippen molar-refractivity contribution in [2.75, 3.05) is 0 Å². The lowest BCUT2D eigenvalue weighted by atomic mass is 10.1. The highest BCUT2D eigenvalue weighted by molar-refractivity contribution is 5.91. The Balaban J connectivity index is 1.87. The van der Waals surface area contributed by atoms with Crippen molar-refractivity contribution in [2.24, 2.45) is 0 Å². The number of nitrogens with one attached hydrogen (secondary N) is 1. The molecule has 4 nitrogen and oxygen atoms in total. The maximum absolute atomic E-state index is 11.6. The molecule has 0 saturated heterocycles. The van der Waals surface area contributed by atoms with Crippen LogP contribution in [-0.2, 0) is 11.3 Å². The van der Waals surface area contributed by atoms with E-state index in [-0.39, 0.29) is 5.91 Å². The quantitative estimate of drug-likeness (QED) is 0.861. The van der Waals surface area contributed by atoms with Gasteiger partial charge in [0.2, 0.25) is 5.91 Å². The number of carbonyl (C=O) groups is 1. The zero-order chi connectivity index (χ0) is 14.2. The number of hydrogen-bond acceptors (Lipinski definition) is 3. The van der Waals surface area contributed by atoms with Crippen LogP contribution >= 0.6 is 0 Å². The van der Waals surface area contributed by atoms with Crippen LogP contribution in [0, 0.1) is 11.3 Å². The lowest BCUT2D eigenvalue weighted by Gasteiger charge is -2.01. The second-order valence-corrected chi connectivity index (χ2v) is 4.15. The van der Waals surface area contributed by atoms with E-state index in [0.29, 0.717) is 12.1 Å². The first-order valence-corrected chi connectivity index (χ1v) is 6.13. The first-order valence-electron chi connectivity index (χ1n) is 6.13. The third-order valence-electron chi connectivity index (χ3n) is 2.66. The first-order chi connectivity index (χ1) is 9.78. The van der Waals surface area contributed by atoms with Gasteiger partial charge in [-0.25, -0.2) is 0 Å². The molecule has 0 aliphatic carbocycles. The van der Waals surface area contributed by atoms with Gasteiger partial charge in [0.05, 0.1) is 11.6 Å². The molecule has 1 aromatic carbocycles. The van der Waals surface area contributed by atoms with Crippen LogP contribution in [0.1, 0.15) is 16.7 Å². The van der Waals surface area contributed by atoms with E-state index in [0.717, 1.165) is 11.1 Å². The van der Waals surface area contributed by atoms with Crippen molar-refractivity contribution in [2.45, 2.75) is 6.54 Å². The highest BCUT2D eigenvalue weighted by atomic mass is 16.1. The molecule has 1 aromatic heterocycles. The number of amides is 1. The normalized spacial score (nSPS) is 10.2. The molecule has 2 aromatic rings. The summed E-state index contributed by atoms with van der Waals surface area (Å²) in [5.41, 5.74) is 2.43. The zero-order valence-electron chi connectivity index (χ0n) is 10.8. The molecular formula is C16H13N3O. The van der Waals surface area contributed by atoms with Gasteiger partial charge in [0.25, 0.3) is 0 Å². The summed E-state index contributed by atoms with van der Waals surface area (Å²) in [5, 5.41) is 11.5. The summed E-state index contributed by atoms with van der Waals surface area (Å²) in [6, 6.07) is 12.8. The Morgan fingerprint density at radius 3 is 2.75 bits per heavy atom. The Kier molecular flexibility index (Phi) is 4.63. The van der Waals surface area contributed by atoms with E-state index in [1.807, 2.05) is 18.2 Å². The summed E-state index contributed by atoms with van der Waals surface area (Å²) in [7, 11) is 0. The molecule has 1 heterocycles. The molecule has 0 unspecified atom stereocenters. The van der Waals surface area contributed by atoms with E-state index in [4.69, 9.17) is 5.26 Å².